The van der Waals surface area contributed by atoms with Crippen molar-refractivity contribution in [2.75, 3.05) is 11.9 Å². The summed E-state index contributed by atoms with van der Waals surface area (Å²) in [7, 11) is 0. The number of ether oxygens (including phenoxy) is 2. The van der Waals surface area contributed by atoms with Crippen molar-refractivity contribution in [3.8, 4) is 17.6 Å². The first-order valence-electron chi connectivity index (χ1n) is 11.1. The fourth-order valence-corrected chi connectivity index (χ4v) is 3.94. The highest BCUT2D eigenvalue weighted by Gasteiger charge is 2.15. The van der Waals surface area contributed by atoms with Gasteiger partial charge in [0, 0.05) is 5.69 Å². The topological polar surface area (TPSA) is 71.3 Å². The van der Waals surface area contributed by atoms with Crippen LogP contribution < -0.4 is 14.8 Å². The summed E-state index contributed by atoms with van der Waals surface area (Å²) in [6, 6.07) is 21.2. The van der Waals surface area contributed by atoms with Gasteiger partial charge in [-0.2, -0.15) is 5.26 Å². The zero-order valence-electron chi connectivity index (χ0n) is 19.5. The Balaban J connectivity index is 1.82. The smallest absolute Gasteiger partial charge is 0.266 e. The van der Waals surface area contributed by atoms with Gasteiger partial charge in [-0.15, -0.1) is 0 Å². The van der Waals surface area contributed by atoms with Gasteiger partial charge in [0.15, 0.2) is 11.5 Å². The summed E-state index contributed by atoms with van der Waals surface area (Å²) < 4.78 is 12.5. The average Bonchev–Trinajstić information content (AvgIpc) is 2.82. The van der Waals surface area contributed by atoms with Crippen molar-refractivity contribution < 1.29 is 14.3 Å². The summed E-state index contributed by atoms with van der Waals surface area (Å²) in [5, 5.41) is 12.4. The maximum atomic E-state index is 12.7. The molecule has 3 aromatic rings. The van der Waals surface area contributed by atoms with Crippen molar-refractivity contribution >= 4 is 33.6 Å². The van der Waals surface area contributed by atoms with Gasteiger partial charge in [0.25, 0.3) is 5.91 Å². The Morgan fingerprint density at radius 1 is 1.06 bits per heavy atom. The molecule has 0 aliphatic heterocycles. The zero-order valence-corrected chi connectivity index (χ0v) is 21.1. The normalized spacial score (nSPS) is 11.0. The van der Waals surface area contributed by atoms with Crippen molar-refractivity contribution in [2.45, 2.75) is 33.8 Å². The van der Waals surface area contributed by atoms with Crippen LogP contribution in [0.2, 0.25) is 0 Å². The van der Waals surface area contributed by atoms with Crippen molar-refractivity contribution in [3.63, 3.8) is 0 Å². The molecule has 0 radical (unpaired) electrons. The molecule has 0 unspecified atom stereocenters. The number of amides is 1. The molecule has 0 saturated carbocycles. The van der Waals surface area contributed by atoms with Gasteiger partial charge >= 0.3 is 0 Å². The van der Waals surface area contributed by atoms with E-state index in [0.717, 1.165) is 17.5 Å². The molecule has 6 heteroatoms. The molecule has 0 aliphatic rings. The maximum absolute atomic E-state index is 12.7. The first-order valence-corrected chi connectivity index (χ1v) is 11.9. The molecular formula is C28H27BrN2O3. The van der Waals surface area contributed by atoms with E-state index in [1.54, 1.807) is 12.1 Å². The standard InChI is InChI=1S/C28H27BrN2O3/c1-4-20-9-11-24(12-10-20)31-28(32)23(17-30)14-22-15-25(29)27(26(16-22)33-5-2)34-18-21-8-6-7-19(3)13-21/h6-16H,4-5,18H2,1-3H3,(H,31,32)/b23-14+. The number of nitrogens with zero attached hydrogens (tertiary/aromatic N) is 1. The Morgan fingerprint density at radius 2 is 1.82 bits per heavy atom. The number of hydrogen-bond donors (Lipinski definition) is 1. The van der Waals surface area contributed by atoms with Gasteiger partial charge in [-0.1, -0.05) is 48.9 Å². The third kappa shape index (κ3) is 6.72. The SMILES string of the molecule is CCOc1cc(/C=C(\C#N)C(=O)Nc2ccc(CC)cc2)cc(Br)c1OCc1cccc(C)c1. The summed E-state index contributed by atoms with van der Waals surface area (Å²) in [5.41, 5.74) is 4.66. The van der Waals surface area contributed by atoms with Gasteiger partial charge in [-0.25, -0.2) is 0 Å². The predicted molar refractivity (Wildman–Crippen MR) is 139 cm³/mol. The predicted octanol–water partition coefficient (Wildman–Crippen LogP) is 6.84. The number of nitrogens with one attached hydrogen (secondary N) is 1. The fourth-order valence-electron chi connectivity index (χ4n) is 3.37. The highest BCUT2D eigenvalue weighted by atomic mass is 79.9. The molecule has 1 N–H and O–H groups in total. The highest BCUT2D eigenvalue weighted by Crippen LogP contribution is 2.38. The van der Waals surface area contributed by atoms with Crippen molar-refractivity contribution in [1.29, 1.82) is 5.26 Å². The average molecular weight is 519 g/mol. The molecule has 0 spiro atoms. The van der Waals surface area contributed by atoms with Gasteiger partial charge in [0.05, 0.1) is 11.1 Å². The van der Waals surface area contributed by atoms with E-state index in [0.29, 0.717) is 40.4 Å². The van der Waals surface area contributed by atoms with Crippen molar-refractivity contribution in [1.82, 2.24) is 0 Å². The maximum Gasteiger partial charge on any atom is 0.266 e. The zero-order chi connectivity index (χ0) is 24.5. The lowest BCUT2D eigenvalue weighted by molar-refractivity contribution is -0.112. The molecule has 34 heavy (non-hydrogen) atoms. The third-order valence-electron chi connectivity index (χ3n) is 5.09. The van der Waals surface area contributed by atoms with Crippen molar-refractivity contribution in [2.24, 2.45) is 0 Å². The Kier molecular flexibility index (Phi) is 8.89. The van der Waals surface area contributed by atoms with Gasteiger partial charge in [-0.3, -0.25) is 4.79 Å². The molecule has 5 nitrogen and oxygen atoms in total. The Hall–Kier alpha value is -3.56. The Morgan fingerprint density at radius 3 is 2.47 bits per heavy atom. The quantitative estimate of drug-likeness (QED) is 0.248. The monoisotopic (exact) mass is 518 g/mol. The minimum absolute atomic E-state index is 0.0117. The highest BCUT2D eigenvalue weighted by molar-refractivity contribution is 9.10. The van der Waals surface area contributed by atoms with E-state index in [1.165, 1.54) is 11.6 Å². The second kappa shape index (κ2) is 12.1. The van der Waals surface area contributed by atoms with E-state index in [-0.39, 0.29) is 5.57 Å². The lowest BCUT2D eigenvalue weighted by atomic mass is 10.1. The largest absolute Gasteiger partial charge is 0.490 e. The van der Waals surface area contributed by atoms with Crippen molar-refractivity contribution in [3.05, 3.63) is 93.0 Å². The summed E-state index contributed by atoms with van der Waals surface area (Å²) in [6.45, 7) is 6.82. The number of rotatable bonds is 9. The minimum Gasteiger partial charge on any atom is -0.490 e. The first kappa shape index (κ1) is 25.1. The van der Waals surface area contributed by atoms with Crippen LogP contribution in [0.15, 0.2) is 70.7 Å². The van der Waals surface area contributed by atoms with E-state index in [4.69, 9.17) is 9.47 Å². The summed E-state index contributed by atoms with van der Waals surface area (Å²) in [4.78, 5) is 12.7. The second-order valence-corrected chi connectivity index (χ2v) is 8.57. The summed E-state index contributed by atoms with van der Waals surface area (Å²) >= 11 is 3.55. The Labute approximate surface area is 209 Å². The number of halogens is 1. The van der Waals surface area contributed by atoms with E-state index in [2.05, 4.69) is 34.2 Å². The van der Waals surface area contributed by atoms with Crippen LogP contribution in [-0.4, -0.2) is 12.5 Å². The lowest BCUT2D eigenvalue weighted by Crippen LogP contribution is -2.13. The van der Waals surface area contributed by atoms with Crippen LogP contribution in [0.1, 0.15) is 36.1 Å². The molecule has 0 saturated heterocycles. The van der Waals surface area contributed by atoms with Crippen LogP contribution in [0, 0.1) is 18.3 Å². The van der Waals surface area contributed by atoms with E-state index in [9.17, 15) is 10.1 Å². The molecule has 0 atom stereocenters. The molecule has 0 aromatic heterocycles. The summed E-state index contributed by atoms with van der Waals surface area (Å²) in [5.74, 6) is 0.628. The van der Waals surface area contributed by atoms with Crippen LogP contribution >= 0.6 is 15.9 Å². The number of carbonyl (C=O) groups is 1. The fraction of sp³-hybridized carbons (Fsp3) is 0.214. The molecule has 174 valence electrons. The molecule has 0 aliphatic carbocycles. The number of carbonyl (C=O) groups excluding carboxylic acids is 1. The van der Waals surface area contributed by atoms with Crippen LogP contribution in [-0.2, 0) is 17.8 Å². The number of aryl methyl sites for hydroxylation is 2. The van der Waals surface area contributed by atoms with Gasteiger partial charge in [-0.05, 0) is 83.2 Å². The molecule has 3 aromatic carbocycles. The number of anilines is 1. The number of hydrogen-bond acceptors (Lipinski definition) is 4. The van der Waals surface area contributed by atoms with Gasteiger partial charge < -0.3 is 14.8 Å². The number of benzene rings is 3. The number of nitriles is 1. The second-order valence-electron chi connectivity index (χ2n) is 7.72. The molecule has 0 bridgehead atoms. The molecular weight excluding hydrogens is 492 g/mol. The molecule has 1 amide bonds. The minimum atomic E-state index is -0.472. The lowest BCUT2D eigenvalue weighted by Gasteiger charge is -2.15. The van der Waals surface area contributed by atoms with E-state index < -0.39 is 5.91 Å². The van der Waals surface area contributed by atoms with Gasteiger partial charge in [0.2, 0.25) is 0 Å². The van der Waals surface area contributed by atoms with E-state index >= 15 is 0 Å². The summed E-state index contributed by atoms with van der Waals surface area (Å²) in [6.07, 6.45) is 2.45. The first-order chi connectivity index (χ1) is 16.4. The Bertz CT molecular complexity index is 1230. The molecule has 0 heterocycles. The van der Waals surface area contributed by atoms with Crippen LogP contribution in [0.4, 0.5) is 5.69 Å². The van der Waals surface area contributed by atoms with E-state index in [1.807, 2.05) is 62.4 Å². The third-order valence-corrected chi connectivity index (χ3v) is 5.68. The van der Waals surface area contributed by atoms with Gasteiger partial charge in [0.1, 0.15) is 18.2 Å². The molecule has 0 fully saturated rings. The van der Waals surface area contributed by atoms with Crippen LogP contribution in [0.25, 0.3) is 6.08 Å². The van der Waals surface area contributed by atoms with Crippen LogP contribution in [0.3, 0.4) is 0 Å². The van der Waals surface area contributed by atoms with Crippen LogP contribution in [0.5, 0.6) is 11.5 Å². The molecule has 3 rings (SSSR count).